The van der Waals surface area contributed by atoms with Gasteiger partial charge in [-0.2, -0.15) is 0 Å². The fraction of sp³-hybridized carbons (Fsp3) is 0. The minimum absolute atomic E-state index is 0.156. The zero-order valence-electron chi connectivity index (χ0n) is 12.7. The summed E-state index contributed by atoms with van der Waals surface area (Å²) >= 11 is 6.65. The second kappa shape index (κ2) is 6.50. The van der Waals surface area contributed by atoms with E-state index in [-0.39, 0.29) is 5.75 Å². The quantitative estimate of drug-likeness (QED) is 0.406. The topological polar surface area (TPSA) is 63.0 Å². The van der Waals surface area contributed by atoms with E-state index in [1.165, 1.54) is 0 Å². The number of phenolic OH excluding ortho intramolecular Hbond substituents is 1. The second-order valence-electron chi connectivity index (χ2n) is 5.28. The van der Waals surface area contributed by atoms with Crippen LogP contribution in [-0.4, -0.2) is 20.7 Å². The summed E-state index contributed by atoms with van der Waals surface area (Å²) in [5, 5.41) is 9.83. The molecule has 0 aliphatic heterocycles. The molecule has 3 aromatic heterocycles. The van der Waals surface area contributed by atoms with Gasteiger partial charge in [-0.1, -0.05) is 6.07 Å². The maximum absolute atomic E-state index is 9.83. The van der Waals surface area contributed by atoms with Crippen molar-refractivity contribution in [2.75, 3.05) is 0 Å². The van der Waals surface area contributed by atoms with Crippen molar-refractivity contribution in [2.45, 2.75) is 0 Å². The van der Waals surface area contributed by atoms with E-state index in [0.29, 0.717) is 26.2 Å². The standard InChI is InChI=1S/C18H11Br2N3O2/c19-12-8-11(9-13(20)17(12)24)10-21-18-16(14-4-3-7-25-14)22-15-5-1-2-6-23(15)18/h1-10,24H. The second-order valence-corrected chi connectivity index (χ2v) is 6.99. The predicted molar refractivity (Wildman–Crippen MR) is 104 cm³/mol. The van der Waals surface area contributed by atoms with Crippen molar-refractivity contribution >= 4 is 49.5 Å². The van der Waals surface area contributed by atoms with Crippen LogP contribution in [0.5, 0.6) is 5.75 Å². The number of benzene rings is 1. The molecule has 5 nitrogen and oxygen atoms in total. The first kappa shape index (κ1) is 16.1. The van der Waals surface area contributed by atoms with Crippen LogP contribution in [-0.2, 0) is 0 Å². The predicted octanol–water partition coefficient (Wildman–Crippen LogP) is 5.58. The molecule has 0 aliphatic carbocycles. The molecule has 0 saturated carbocycles. The lowest BCUT2D eigenvalue weighted by atomic mass is 10.2. The molecule has 4 rings (SSSR count). The average Bonchev–Trinajstić information content (AvgIpc) is 3.25. The third-order valence-electron chi connectivity index (χ3n) is 3.63. The van der Waals surface area contributed by atoms with Crippen LogP contribution in [0.25, 0.3) is 17.1 Å². The molecule has 0 fully saturated rings. The van der Waals surface area contributed by atoms with Crippen LogP contribution in [0.2, 0.25) is 0 Å². The summed E-state index contributed by atoms with van der Waals surface area (Å²) in [5.74, 6) is 1.48. The van der Waals surface area contributed by atoms with Gasteiger partial charge < -0.3 is 9.52 Å². The van der Waals surface area contributed by atoms with Crippen molar-refractivity contribution in [1.82, 2.24) is 9.38 Å². The van der Waals surface area contributed by atoms with Crippen LogP contribution in [0, 0.1) is 0 Å². The Bertz CT molecular complexity index is 1060. The number of rotatable bonds is 3. The highest BCUT2D eigenvalue weighted by Gasteiger charge is 2.15. The molecular formula is C18H11Br2N3O2. The molecule has 0 saturated heterocycles. The minimum atomic E-state index is 0.156. The van der Waals surface area contributed by atoms with Crippen LogP contribution < -0.4 is 0 Å². The highest BCUT2D eigenvalue weighted by molar-refractivity contribution is 9.11. The van der Waals surface area contributed by atoms with Crippen LogP contribution in [0.1, 0.15) is 5.56 Å². The number of phenols is 1. The molecule has 3 heterocycles. The maximum Gasteiger partial charge on any atom is 0.168 e. The average molecular weight is 461 g/mol. The molecule has 0 spiro atoms. The summed E-state index contributed by atoms with van der Waals surface area (Å²) in [6.45, 7) is 0. The van der Waals surface area contributed by atoms with Crippen molar-refractivity contribution < 1.29 is 9.52 Å². The van der Waals surface area contributed by atoms with Gasteiger partial charge in [-0.3, -0.25) is 4.40 Å². The third-order valence-corrected chi connectivity index (χ3v) is 4.84. The van der Waals surface area contributed by atoms with Gasteiger partial charge in [0.2, 0.25) is 0 Å². The van der Waals surface area contributed by atoms with E-state index in [4.69, 9.17) is 4.42 Å². The third kappa shape index (κ3) is 3.01. The lowest BCUT2D eigenvalue weighted by molar-refractivity contribution is 0.468. The van der Waals surface area contributed by atoms with E-state index < -0.39 is 0 Å². The molecule has 0 atom stereocenters. The number of nitrogens with zero attached hydrogens (tertiary/aromatic N) is 3. The molecule has 7 heteroatoms. The number of pyridine rings is 1. The Hall–Kier alpha value is -2.38. The molecule has 1 aromatic carbocycles. The Labute approximate surface area is 159 Å². The Kier molecular flexibility index (Phi) is 4.19. The fourth-order valence-electron chi connectivity index (χ4n) is 2.48. The summed E-state index contributed by atoms with van der Waals surface area (Å²) in [6, 6.07) is 13.0. The first-order chi connectivity index (χ1) is 12.1. The molecule has 0 bridgehead atoms. The summed E-state index contributed by atoms with van der Waals surface area (Å²) in [4.78, 5) is 9.24. The number of aromatic hydroxyl groups is 1. The normalized spacial score (nSPS) is 11.6. The van der Waals surface area contributed by atoms with Crippen molar-refractivity contribution in [3.63, 3.8) is 0 Å². The van der Waals surface area contributed by atoms with Crippen molar-refractivity contribution in [2.24, 2.45) is 4.99 Å². The van der Waals surface area contributed by atoms with Gasteiger partial charge in [-0.05, 0) is 73.8 Å². The van der Waals surface area contributed by atoms with Gasteiger partial charge in [0.15, 0.2) is 17.3 Å². The SMILES string of the molecule is Oc1c(Br)cc(C=Nc2c(-c3ccco3)nc3ccccn23)cc1Br. The van der Waals surface area contributed by atoms with Gasteiger partial charge in [0.05, 0.1) is 15.2 Å². The molecule has 4 aromatic rings. The van der Waals surface area contributed by atoms with E-state index in [1.54, 1.807) is 24.6 Å². The number of fused-ring (bicyclic) bond motifs is 1. The summed E-state index contributed by atoms with van der Waals surface area (Å²) in [7, 11) is 0. The van der Waals surface area contributed by atoms with Gasteiger partial charge in [0.25, 0.3) is 0 Å². The highest BCUT2D eigenvalue weighted by Crippen LogP contribution is 2.34. The first-order valence-electron chi connectivity index (χ1n) is 7.36. The van der Waals surface area contributed by atoms with Gasteiger partial charge in [0.1, 0.15) is 11.4 Å². The zero-order chi connectivity index (χ0) is 17.4. The molecular weight excluding hydrogens is 450 g/mol. The maximum atomic E-state index is 9.83. The van der Waals surface area contributed by atoms with Gasteiger partial charge in [-0.25, -0.2) is 9.98 Å². The lowest BCUT2D eigenvalue weighted by Gasteiger charge is -2.02. The van der Waals surface area contributed by atoms with E-state index in [1.807, 2.05) is 40.9 Å². The molecule has 0 aliphatic rings. The summed E-state index contributed by atoms with van der Waals surface area (Å²) < 4.78 is 8.58. The van der Waals surface area contributed by atoms with Crippen LogP contribution >= 0.6 is 31.9 Å². The van der Waals surface area contributed by atoms with Crippen molar-refractivity contribution in [3.05, 3.63) is 69.4 Å². The lowest BCUT2D eigenvalue weighted by Crippen LogP contribution is -1.86. The minimum Gasteiger partial charge on any atom is -0.506 e. The Morgan fingerprint density at radius 3 is 2.64 bits per heavy atom. The van der Waals surface area contributed by atoms with E-state index in [2.05, 4.69) is 41.8 Å². The monoisotopic (exact) mass is 459 g/mol. The van der Waals surface area contributed by atoms with Crippen LogP contribution in [0.15, 0.2) is 73.3 Å². The van der Waals surface area contributed by atoms with Gasteiger partial charge >= 0.3 is 0 Å². The Balaban J connectivity index is 1.85. The number of aromatic nitrogens is 2. The van der Waals surface area contributed by atoms with Crippen molar-refractivity contribution in [1.29, 1.82) is 0 Å². The van der Waals surface area contributed by atoms with Crippen molar-refractivity contribution in [3.8, 4) is 17.2 Å². The summed E-state index contributed by atoms with van der Waals surface area (Å²) in [5.41, 5.74) is 2.28. The highest BCUT2D eigenvalue weighted by atomic mass is 79.9. The molecule has 0 amide bonds. The van der Waals surface area contributed by atoms with E-state index >= 15 is 0 Å². The molecule has 0 radical (unpaired) electrons. The van der Waals surface area contributed by atoms with E-state index in [0.717, 1.165) is 11.2 Å². The van der Waals surface area contributed by atoms with Gasteiger partial charge in [0, 0.05) is 12.4 Å². The van der Waals surface area contributed by atoms with Gasteiger partial charge in [-0.15, -0.1) is 0 Å². The number of halogens is 2. The fourth-order valence-corrected chi connectivity index (χ4v) is 3.70. The number of hydrogen-bond acceptors (Lipinski definition) is 4. The number of hydrogen-bond donors (Lipinski definition) is 1. The zero-order valence-corrected chi connectivity index (χ0v) is 15.9. The molecule has 124 valence electrons. The Morgan fingerprint density at radius 2 is 1.92 bits per heavy atom. The largest absolute Gasteiger partial charge is 0.506 e. The Morgan fingerprint density at radius 1 is 1.12 bits per heavy atom. The number of aliphatic imine (C=N–C) groups is 1. The molecule has 1 N–H and O–H groups in total. The number of furan rings is 1. The summed E-state index contributed by atoms with van der Waals surface area (Å²) in [6.07, 6.45) is 5.24. The van der Waals surface area contributed by atoms with Crippen LogP contribution in [0.3, 0.4) is 0 Å². The molecule has 25 heavy (non-hydrogen) atoms. The van der Waals surface area contributed by atoms with E-state index in [9.17, 15) is 5.11 Å². The number of imidazole rings is 1. The molecule has 0 unspecified atom stereocenters. The first-order valence-corrected chi connectivity index (χ1v) is 8.95. The smallest absolute Gasteiger partial charge is 0.168 e. The van der Waals surface area contributed by atoms with Crippen LogP contribution in [0.4, 0.5) is 5.82 Å².